The molecule has 260 valence electrons. The number of aromatic nitrogens is 3. The number of ether oxygens (including phenoxy) is 1. The molecule has 3 aromatic carbocycles. The van der Waals surface area contributed by atoms with Gasteiger partial charge in [-0.3, -0.25) is 19.3 Å². The first kappa shape index (κ1) is 34.2. The van der Waals surface area contributed by atoms with Crippen molar-refractivity contribution in [1.82, 2.24) is 19.4 Å². The first-order valence-electron chi connectivity index (χ1n) is 17.0. The third kappa shape index (κ3) is 6.53. The van der Waals surface area contributed by atoms with Crippen LogP contribution in [0.3, 0.4) is 0 Å². The Morgan fingerprint density at radius 2 is 1.84 bits per heavy atom. The van der Waals surface area contributed by atoms with E-state index in [0.29, 0.717) is 69.0 Å². The maximum atomic E-state index is 13.7. The highest BCUT2D eigenvalue weighted by atomic mass is 35.5. The van der Waals surface area contributed by atoms with E-state index >= 15 is 0 Å². The SMILES string of the molecule is COC(=O)[C@H]1CC[C@H](CN2CCc3c(nc(C(=O)Nc4cccc(-c5cccc(-c6nc7cc(C=O)cc(C#N)c7o6)c5C)c4Cl)n3C)C2)CC1. The number of fused-ring (bicyclic) bond motifs is 2. The zero-order valence-electron chi connectivity index (χ0n) is 28.7. The Morgan fingerprint density at radius 1 is 1.10 bits per heavy atom. The van der Waals surface area contributed by atoms with Crippen molar-refractivity contribution in [2.75, 3.05) is 25.5 Å². The van der Waals surface area contributed by atoms with E-state index in [4.69, 9.17) is 25.7 Å². The maximum absolute atomic E-state index is 13.7. The Balaban J connectivity index is 1.08. The van der Waals surface area contributed by atoms with Gasteiger partial charge >= 0.3 is 5.97 Å². The molecule has 7 rings (SSSR count). The molecule has 1 aliphatic heterocycles. The molecule has 1 aliphatic carbocycles. The van der Waals surface area contributed by atoms with Crippen LogP contribution in [0.4, 0.5) is 5.69 Å². The van der Waals surface area contributed by atoms with Crippen LogP contribution in [0.1, 0.15) is 69.2 Å². The lowest BCUT2D eigenvalue weighted by Crippen LogP contribution is -2.36. The van der Waals surface area contributed by atoms with Crippen LogP contribution in [0.2, 0.25) is 5.02 Å². The molecule has 0 spiro atoms. The van der Waals surface area contributed by atoms with Crippen LogP contribution in [0.15, 0.2) is 52.9 Å². The fourth-order valence-electron chi connectivity index (χ4n) is 7.55. The molecule has 2 aromatic heterocycles. The van der Waals surface area contributed by atoms with Gasteiger partial charge < -0.3 is 19.0 Å². The summed E-state index contributed by atoms with van der Waals surface area (Å²) in [7, 11) is 3.33. The third-order valence-electron chi connectivity index (χ3n) is 10.3. The van der Waals surface area contributed by atoms with Crippen LogP contribution in [0, 0.1) is 30.1 Å². The molecular formula is C39H37ClN6O5. The minimum absolute atomic E-state index is 0.0127. The van der Waals surface area contributed by atoms with E-state index < -0.39 is 0 Å². The fourth-order valence-corrected chi connectivity index (χ4v) is 7.82. The van der Waals surface area contributed by atoms with E-state index in [9.17, 15) is 19.6 Å². The number of anilines is 1. The highest BCUT2D eigenvalue weighted by Gasteiger charge is 2.31. The van der Waals surface area contributed by atoms with Crippen LogP contribution >= 0.6 is 11.6 Å². The molecule has 0 atom stereocenters. The number of carbonyl (C=O) groups is 3. The van der Waals surface area contributed by atoms with Gasteiger partial charge in [0.2, 0.25) is 5.89 Å². The average Bonchev–Trinajstić information content (AvgIpc) is 3.73. The quantitative estimate of drug-likeness (QED) is 0.132. The summed E-state index contributed by atoms with van der Waals surface area (Å²) in [4.78, 5) is 48.8. The Kier molecular flexibility index (Phi) is 9.46. The summed E-state index contributed by atoms with van der Waals surface area (Å²) in [6, 6.07) is 16.3. The van der Waals surface area contributed by atoms with Gasteiger partial charge in [-0.1, -0.05) is 35.9 Å². The highest BCUT2D eigenvalue weighted by Crippen LogP contribution is 2.39. The van der Waals surface area contributed by atoms with Crippen LogP contribution in [-0.4, -0.2) is 57.8 Å². The summed E-state index contributed by atoms with van der Waals surface area (Å²) in [5, 5.41) is 13.0. The molecule has 0 radical (unpaired) electrons. The van der Waals surface area contributed by atoms with Crippen molar-refractivity contribution in [2.45, 2.75) is 45.6 Å². The summed E-state index contributed by atoms with van der Waals surface area (Å²) >= 11 is 6.99. The second kappa shape index (κ2) is 14.1. The number of hydrogen-bond donors (Lipinski definition) is 1. The van der Waals surface area contributed by atoms with Crippen molar-refractivity contribution in [2.24, 2.45) is 18.9 Å². The Hall–Kier alpha value is -5.31. The van der Waals surface area contributed by atoms with E-state index in [-0.39, 0.29) is 23.4 Å². The number of carbonyl (C=O) groups excluding carboxylic acids is 3. The van der Waals surface area contributed by atoms with Crippen molar-refractivity contribution in [3.05, 3.63) is 87.5 Å². The smallest absolute Gasteiger partial charge is 0.308 e. The molecule has 1 fully saturated rings. The van der Waals surface area contributed by atoms with Crippen molar-refractivity contribution in [3.63, 3.8) is 0 Å². The third-order valence-corrected chi connectivity index (χ3v) is 10.7. The zero-order chi connectivity index (χ0) is 35.8. The van der Waals surface area contributed by atoms with Gasteiger partial charge in [0.1, 0.15) is 17.9 Å². The number of hydrogen-bond acceptors (Lipinski definition) is 9. The van der Waals surface area contributed by atoms with Gasteiger partial charge in [0, 0.05) is 55.5 Å². The molecule has 0 unspecified atom stereocenters. The Morgan fingerprint density at radius 3 is 2.59 bits per heavy atom. The second-order valence-corrected chi connectivity index (χ2v) is 13.8. The van der Waals surface area contributed by atoms with Crippen molar-refractivity contribution < 1.29 is 23.5 Å². The topological polar surface area (TPSA) is 143 Å². The molecule has 2 aliphatic rings. The summed E-state index contributed by atoms with van der Waals surface area (Å²) in [5.41, 5.74) is 6.79. The van der Waals surface area contributed by atoms with Gasteiger partial charge in [-0.05, 0) is 73.9 Å². The molecule has 1 amide bonds. The summed E-state index contributed by atoms with van der Waals surface area (Å²) in [6.45, 7) is 4.44. The number of nitriles is 1. The summed E-state index contributed by atoms with van der Waals surface area (Å²) in [6.07, 6.45) is 5.22. The number of rotatable bonds is 8. The lowest BCUT2D eigenvalue weighted by Gasteiger charge is -2.33. The molecule has 11 nitrogen and oxygen atoms in total. The predicted octanol–water partition coefficient (Wildman–Crippen LogP) is 7.13. The molecular weight excluding hydrogens is 668 g/mol. The van der Waals surface area contributed by atoms with Crippen LogP contribution in [-0.2, 0) is 29.5 Å². The normalized spacial score (nSPS) is 17.5. The van der Waals surface area contributed by atoms with Gasteiger partial charge in [-0.25, -0.2) is 9.97 Å². The number of nitrogens with one attached hydrogen (secondary N) is 1. The van der Waals surface area contributed by atoms with Crippen LogP contribution in [0.25, 0.3) is 33.7 Å². The van der Waals surface area contributed by atoms with Gasteiger partial charge in [0.25, 0.3) is 5.91 Å². The Bertz CT molecular complexity index is 2230. The number of methoxy groups -OCH3 is 1. The molecule has 3 heterocycles. The standard InChI is InChI=1S/C39H37ClN6O5/c1-22-27(6-4-7-28(22)38-44-31-17-24(21-47)16-26(18-41)35(31)51-38)29-8-5-9-30(34(29)40)43-37(48)36-42-32-20-46(15-14-33(32)45(36)2)19-23-10-12-25(13-11-23)39(49)50-3/h4-9,16-17,21,23,25H,10-15,19-20H2,1-3H3,(H,43,48)/t23-,25-. The zero-order valence-corrected chi connectivity index (χ0v) is 29.4. The predicted molar refractivity (Wildman–Crippen MR) is 192 cm³/mol. The molecule has 1 saturated carbocycles. The summed E-state index contributed by atoms with van der Waals surface area (Å²) < 4.78 is 12.9. The van der Waals surface area contributed by atoms with E-state index in [1.807, 2.05) is 48.9 Å². The number of esters is 1. The largest absolute Gasteiger partial charge is 0.469 e. The van der Waals surface area contributed by atoms with Crippen molar-refractivity contribution in [3.8, 4) is 28.7 Å². The molecule has 51 heavy (non-hydrogen) atoms. The molecule has 0 saturated heterocycles. The van der Waals surface area contributed by atoms with E-state index in [0.717, 1.165) is 67.7 Å². The van der Waals surface area contributed by atoms with Crippen LogP contribution in [0.5, 0.6) is 0 Å². The van der Waals surface area contributed by atoms with Crippen LogP contribution < -0.4 is 5.32 Å². The molecule has 5 aromatic rings. The minimum Gasteiger partial charge on any atom is -0.469 e. The highest BCUT2D eigenvalue weighted by molar-refractivity contribution is 6.36. The van der Waals surface area contributed by atoms with E-state index in [2.05, 4.69) is 21.3 Å². The van der Waals surface area contributed by atoms with Crippen molar-refractivity contribution in [1.29, 1.82) is 5.26 Å². The van der Waals surface area contributed by atoms with Gasteiger partial charge in [0.05, 0.1) is 35.0 Å². The van der Waals surface area contributed by atoms with Gasteiger partial charge in [0.15, 0.2) is 11.4 Å². The van der Waals surface area contributed by atoms with Gasteiger partial charge in [-0.15, -0.1) is 0 Å². The number of imidazole rings is 1. The molecule has 12 heteroatoms. The first-order valence-corrected chi connectivity index (χ1v) is 17.4. The first-order chi connectivity index (χ1) is 24.7. The number of oxazole rings is 1. The number of halogens is 1. The fraction of sp³-hybridized carbons (Fsp3) is 0.333. The Labute approximate surface area is 300 Å². The number of aldehydes is 1. The van der Waals surface area contributed by atoms with E-state index in [1.54, 1.807) is 12.1 Å². The summed E-state index contributed by atoms with van der Waals surface area (Å²) in [5.74, 6) is 0.730. The van der Waals surface area contributed by atoms with Gasteiger partial charge in [-0.2, -0.15) is 5.26 Å². The number of benzene rings is 3. The maximum Gasteiger partial charge on any atom is 0.308 e. The number of nitrogens with zero attached hydrogens (tertiary/aromatic N) is 5. The lowest BCUT2D eigenvalue weighted by atomic mass is 9.81. The van der Waals surface area contributed by atoms with E-state index in [1.165, 1.54) is 13.2 Å². The molecule has 1 N–H and O–H groups in total. The average molecular weight is 705 g/mol. The monoisotopic (exact) mass is 704 g/mol. The minimum atomic E-state index is -0.349. The second-order valence-electron chi connectivity index (χ2n) is 13.4. The molecule has 0 bridgehead atoms. The van der Waals surface area contributed by atoms with Crippen molar-refractivity contribution >= 4 is 46.6 Å². The number of amides is 1. The lowest BCUT2D eigenvalue weighted by molar-refractivity contribution is -0.146.